The summed E-state index contributed by atoms with van der Waals surface area (Å²) in [6, 6.07) is 21.0. The number of alkyl halides is 3. The Kier molecular flexibility index (Phi) is 9.24. The number of aromatic amines is 1. The predicted octanol–water partition coefficient (Wildman–Crippen LogP) is 4.74. The van der Waals surface area contributed by atoms with Gasteiger partial charge in [-0.25, -0.2) is 4.68 Å². The third-order valence-electron chi connectivity index (χ3n) is 6.81. The molecule has 0 bridgehead atoms. The zero-order chi connectivity index (χ0) is 31.1. The Balaban J connectivity index is 1.31. The van der Waals surface area contributed by atoms with Gasteiger partial charge < -0.3 is 25.1 Å². The minimum absolute atomic E-state index is 0.0132. The van der Waals surface area contributed by atoms with Crippen molar-refractivity contribution in [2.75, 3.05) is 20.2 Å². The van der Waals surface area contributed by atoms with E-state index in [9.17, 15) is 22.8 Å². The van der Waals surface area contributed by atoms with Crippen molar-refractivity contribution in [3.05, 3.63) is 107 Å². The Bertz CT molecular complexity index is 1730. The summed E-state index contributed by atoms with van der Waals surface area (Å²) in [5, 5.41) is 14.0. The molecule has 5 aromatic rings. The molecule has 2 aromatic heterocycles. The molecule has 0 radical (unpaired) electrons. The molecule has 0 aliphatic rings. The van der Waals surface area contributed by atoms with Crippen LogP contribution in [0.1, 0.15) is 37.7 Å². The lowest BCUT2D eigenvalue weighted by Crippen LogP contribution is -2.33. The molecule has 5 rings (SSSR count). The standard InChI is InChI=1S/C31H29F3N6O4/c1-43-24-11-12-26-25(15-24)22(16-36-26)13-14-35-30(42)28-27(18-44-17-20-5-3-2-4-6-20)40(39-38-28)23-9-7-21(8-10-23)29(41)37-19-31(32,33)34/h2-12,15-16,36H,13-14,17-19H2,1H3,(H,35,42)(H,37,41). The van der Waals surface area contributed by atoms with Crippen molar-refractivity contribution in [2.24, 2.45) is 0 Å². The highest BCUT2D eigenvalue weighted by atomic mass is 19.4. The average molecular weight is 607 g/mol. The van der Waals surface area contributed by atoms with E-state index in [4.69, 9.17) is 9.47 Å². The maximum Gasteiger partial charge on any atom is 0.405 e. The minimum Gasteiger partial charge on any atom is -0.497 e. The highest BCUT2D eigenvalue weighted by Crippen LogP contribution is 2.24. The van der Waals surface area contributed by atoms with Crippen LogP contribution < -0.4 is 15.4 Å². The summed E-state index contributed by atoms with van der Waals surface area (Å²) in [4.78, 5) is 28.6. The number of ether oxygens (including phenoxy) is 2. The van der Waals surface area contributed by atoms with Gasteiger partial charge in [-0.05, 0) is 60.0 Å². The highest BCUT2D eigenvalue weighted by molar-refractivity contribution is 5.95. The van der Waals surface area contributed by atoms with Gasteiger partial charge in [0.1, 0.15) is 18.0 Å². The second-order valence-corrected chi connectivity index (χ2v) is 9.85. The van der Waals surface area contributed by atoms with Crippen LogP contribution >= 0.6 is 0 Å². The van der Waals surface area contributed by atoms with Crippen molar-refractivity contribution in [3.8, 4) is 11.4 Å². The van der Waals surface area contributed by atoms with Crippen LogP contribution in [0, 0.1) is 0 Å². The van der Waals surface area contributed by atoms with E-state index < -0.39 is 24.5 Å². The topological polar surface area (TPSA) is 123 Å². The number of carbonyl (C=O) groups excluding carboxylic acids is 2. The Morgan fingerprint density at radius 2 is 1.73 bits per heavy atom. The number of benzene rings is 3. The lowest BCUT2D eigenvalue weighted by Gasteiger charge is -2.11. The largest absolute Gasteiger partial charge is 0.497 e. The number of H-pyrrole nitrogens is 1. The molecule has 0 saturated carbocycles. The average Bonchev–Trinajstić information content (AvgIpc) is 3.64. The molecule has 3 aromatic carbocycles. The molecule has 0 fully saturated rings. The van der Waals surface area contributed by atoms with Crippen molar-refractivity contribution >= 4 is 22.7 Å². The van der Waals surface area contributed by atoms with Crippen LogP contribution in [0.3, 0.4) is 0 Å². The first-order valence-electron chi connectivity index (χ1n) is 13.7. The first kappa shape index (κ1) is 30.3. The smallest absolute Gasteiger partial charge is 0.405 e. The number of methoxy groups -OCH3 is 1. The summed E-state index contributed by atoms with van der Waals surface area (Å²) < 4.78 is 50.1. The van der Waals surface area contributed by atoms with Gasteiger partial charge in [0, 0.05) is 29.2 Å². The Morgan fingerprint density at radius 1 is 0.955 bits per heavy atom. The number of carbonyl (C=O) groups is 2. The second kappa shape index (κ2) is 13.4. The van der Waals surface area contributed by atoms with E-state index in [1.54, 1.807) is 7.11 Å². The molecule has 0 unspecified atom stereocenters. The summed E-state index contributed by atoms with van der Waals surface area (Å²) in [5.41, 5.74) is 3.80. The van der Waals surface area contributed by atoms with Crippen molar-refractivity contribution in [1.29, 1.82) is 0 Å². The zero-order valence-electron chi connectivity index (χ0n) is 23.6. The van der Waals surface area contributed by atoms with Crippen LogP contribution in [0.4, 0.5) is 13.2 Å². The van der Waals surface area contributed by atoms with Crippen LogP contribution in [0.2, 0.25) is 0 Å². The Morgan fingerprint density at radius 3 is 2.45 bits per heavy atom. The number of nitrogens with one attached hydrogen (secondary N) is 3. The van der Waals surface area contributed by atoms with Gasteiger partial charge in [0.2, 0.25) is 0 Å². The van der Waals surface area contributed by atoms with Crippen LogP contribution in [0.15, 0.2) is 79.0 Å². The van der Waals surface area contributed by atoms with Gasteiger partial charge in [-0.15, -0.1) is 5.10 Å². The van der Waals surface area contributed by atoms with E-state index in [2.05, 4.69) is 20.6 Å². The molecule has 13 heteroatoms. The van der Waals surface area contributed by atoms with Gasteiger partial charge in [0.05, 0.1) is 26.0 Å². The fourth-order valence-electron chi connectivity index (χ4n) is 4.58. The van der Waals surface area contributed by atoms with Crippen molar-refractivity contribution in [1.82, 2.24) is 30.6 Å². The molecule has 0 aliphatic heterocycles. The molecule has 0 aliphatic carbocycles. The summed E-state index contributed by atoms with van der Waals surface area (Å²) in [5.74, 6) is -0.586. The number of rotatable bonds is 12. The SMILES string of the molecule is COc1ccc2[nH]cc(CCNC(=O)c3nnn(-c4ccc(C(=O)NCC(F)(F)F)cc4)c3COCc3ccccc3)c2c1. The summed E-state index contributed by atoms with van der Waals surface area (Å²) in [6.07, 6.45) is -2.09. The number of aromatic nitrogens is 4. The van der Waals surface area contributed by atoms with Gasteiger partial charge in [-0.3, -0.25) is 9.59 Å². The molecule has 3 N–H and O–H groups in total. The number of nitrogens with zero attached hydrogens (tertiary/aromatic N) is 3. The third kappa shape index (κ3) is 7.42. The summed E-state index contributed by atoms with van der Waals surface area (Å²) >= 11 is 0. The molecular weight excluding hydrogens is 577 g/mol. The number of fused-ring (bicyclic) bond motifs is 1. The first-order chi connectivity index (χ1) is 21.2. The van der Waals surface area contributed by atoms with E-state index in [-0.39, 0.29) is 24.5 Å². The fraction of sp³-hybridized carbons (Fsp3) is 0.226. The van der Waals surface area contributed by atoms with Gasteiger partial charge in [0.25, 0.3) is 11.8 Å². The molecule has 0 atom stereocenters. The van der Waals surface area contributed by atoms with Crippen molar-refractivity contribution < 1.29 is 32.2 Å². The quantitative estimate of drug-likeness (QED) is 0.189. The molecule has 44 heavy (non-hydrogen) atoms. The molecular formula is C31H29F3N6O4. The molecule has 2 heterocycles. The van der Waals surface area contributed by atoms with Gasteiger partial charge in [0.15, 0.2) is 5.69 Å². The van der Waals surface area contributed by atoms with Crippen molar-refractivity contribution in [2.45, 2.75) is 25.8 Å². The molecule has 228 valence electrons. The number of hydrogen-bond acceptors (Lipinski definition) is 6. The molecule has 0 saturated heterocycles. The number of hydrogen-bond donors (Lipinski definition) is 3. The van der Waals surface area contributed by atoms with E-state index in [1.807, 2.05) is 60.0 Å². The van der Waals surface area contributed by atoms with Crippen LogP contribution in [0.5, 0.6) is 5.75 Å². The van der Waals surface area contributed by atoms with Crippen LogP contribution in [-0.2, 0) is 24.4 Å². The first-order valence-corrected chi connectivity index (χ1v) is 13.7. The van der Waals surface area contributed by atoms with E-state index >= 15 is 0 Å². The minimum atomic E-state index is -4.52. The fourth-order valence-corrected chi connectivity index (χ4v) is 4.58. The van der Waals surface area contributed by atoms with Crippen LogP contribution in [0.25, 0.3) is 16.6 Å². The van der Waals surface area contributed by atoms with E-state index in [1.165, 1.54) is 28.9 Å². The van der Waals surface area contributed by atoms with Gasteiger partial charge in [-0.2, -0.15) is 13.2 Å². The Labute approximate surface area is 250 Å². The van der Waals surface area contributed by atoms with Gasteiger partial charge in [-0.1, -0.05) is 35.5 Å². The second-order valence-electron chi connectivity index (χ2n) is 9.85. The highest BCUT2D eigenvalue weighted by Gasteiger charge is 2.28. The van der Waals surface area contributed by atoms with Crippen molar-refractivity contribution in [3.63, 3.8) is 0 Å². The number of halogens is 3. The number of amides is 2. The Hall–Kier alpha value is -5.17. The lowest BCUT2D eigenvalue weighted by atomic mass is 10.1. The zero-order valence-corrected chi connectivity index (χ0v) is 23.6. The predicted molar refractivity (Wildman–Crippen MR) is 156 cm³/mol. The summed E-state index contributed by atoms with van der Waals surface area (Å²) in [7, 11) is 1.60. The monoisotopic (exact) mass is 606 g/mol. The lowest BCUT2D eigenvalue weighted by molar-refractivity contribution is -0.123. The maximum atomic E-state index is 13.3. The summed E-state index contributed by atoms with van der Waals surface area (Å²) in [6.45, 7) is -0.857. The molecule has 2 amide bonds. The van der Waals surface area contributed by atoms with E-state index in [0.29, 0.717) is 24.3 Å². The van der Waals surface area contributed by atoms with Crippen LogP contribution in [-0.4, -0.2) is 58.2 Å². The van der Waals surface area contributed by atoms with E-state index in [0.717, 1.165) is 27.8 Å². The molecule has 10 nitrogen and oxygen atoms in total. The third-order valence-corrected chi connectivity index (χ3v) is 6.81. The maximum absolute atomic E-state index is 13.3. The van der Waals surface area contributed by atoms with Gasteiger partial charge >= 0.3 is 6.18 Å². The normalized spacial score (nSPS) is 11.5. The molecule has 0 spiro atoms.